The Morgan fingerprint density at radius 2 is 2.23 bits per heavy atom. The Morgan fingerprint density at radius 3 is 2.92 bits per heavy atom. The van der Waals surface area contributed by atoms with E-state index in [9.17, 15) is 0 Å². The van der Waals surface area contributed by atoms with Crippen LogP contribution in [0, 0.1) is 0 Å². The second-order valence-electron chi connectivity index (χ2n) is 2.48. The molecule has 0 saturated heterocycles. The van der Waals surface area contributed by atoms with E-state index in [0.29, 0.717) is 22.2 Å². The summed E-state index contributed by atoms with van der Waals surface area (Å²) < 4.78 is 4.86. The van der Waals surface area contributed by atoms with Crippen LogP contribution in [0.25, 0.3) is 11.5 Å². The van der Waals surface area contributed by atoms with Crippen LogP contribution >= 0.6 is 11.6 Å². The van der Waals surface area contributed by atoms with E-state index in [2.05, 4.69) is 10.1 Å². The van der Waals surface area contributed by atoms with Crippen molar-refractivity contribution in [1.82, 2.24) is 10.1 Å². The summed E-state index contributed by atoms with van der Waals surface area (Å²) in [6.45, 7) is 0. The number of nitrogen functional groups attached to an aromatic ring is 1. The zero-order chi connectivity index (χ0) is 9.26. The third kappa shape index (κ3) is 1.48. The smallest absolute Gasteiger partial charge is 0.259 e. The third-order valence-corrected chi connectivity index (χ3v) is 1.84. The Kier molecular flexibility index (Phi) is 1.90. The van der Waals surface area contributed by atoms with Crippen LogP contribution in [0.4, 0.5) is 5.69 Å². The van der Waals surface area contributed by atoms with Crippen molar-refractivity contribution in [3.63, 3.8) is 0 Å². The van der Waals surface area contributed by atoms with Crippen molar-refractivity contribution in [2.45, 2.75) is 0 Å². The standard InChI is InChI=1S/C8H6ClN3O/c9-5-1-2-7(10)6(3-5)8-11-4-12-13-8/h1-4H,10H2. The van der Waals surface area contributed by atoms with E-state index in [0.717, 1.165) is 0 Å². The van der Waals surface area contributed by atoms with E-state index in [4.69, 9.17) is 21.9 Å². The van der Waals surface area contributed by atoms with Gasteiger partial charge in [0, 0.05) is 10.7 Å². The highest BCUT2D eigenvalue weighted by atomic mass is 35.5. The number of rotatable bonds is 1. The van der Waals surface area contributed by atoms with Gasteiger partial charge in [-0.25, -0.2) is 0 Å². The van der Waals surface area contributed by atoms with Crippen LogP contribution in [0.5, 0.6) is 0 Å². The quantitative estimate of drug-likeness (QED) is 0.707. The summed E-state index contributed by atoms with van der Waals surface area (Å²) in [7, 11) is 0. The summed E-state index contributed by atoms with van der Waals surface area (Å²) in [5.74, 6) is 0.375. The summed E-state index contributed by atoms with van der Waals surface area (Å²) in [6, 6.07) is 5.09. The second-order valence-corrected chi connectivity index (χ2v) is 2.91. The molecule has 2 N–H and O–H groups in total. The van der Waals surface area contributed by atoms with Crippen LogP contribution in [0.1, 0.15) is 0 Å². The van der Waals surface area contributed by atoms with Crippen LogP contribution in [0.2, 0.25) is 5.02 Å². The lowest BCUT2D eigenvalue weighted by molar-refractivity contribution is 0.430. The molecule has 5 heteroatoms. The van der Waals surface area contributed by atoms with Crippen LogP contribution in [0.15, 0.2) is 29.0 Å². The molecule has 0 saturated carbocycles. The molecule has 0 aliphatic carbocycles. The number of anilines is 1. The maximum absolute atomic E-state index is 5.79. The summed E-state index contributed by atoms with van der Waals surface area (Å²) >= 11 is 5.79. The minimum atomic E-state index is 0.375. The Hall–Kier alpha value is -1.55. The Balaban J connectivity index is 2.57. The van der Waals surface area contributed by atoms with E-state index in [1.807, 2.05) is 0 Å². The molecule has 0 fully saturated rings. The van der Waals surface area contributed by atoms with Gasteiger partial charge in [-0.05, 0) is 18.2 Å². The molecule has 0 aliphatic heterocycles. The first-order valence-corrected chi connectivity index (χ1v) is 3.97. The lowest BCUT2D eigenvalue weighted by atomic mass is 10.2. The lowest BCUT2D eigenvalue weighted by Crippen LogP contribution is -1.89. The molecule has 1 aromatic heterocycles. The highest BCUT2D eigenvalue weighted by Gasteiger charge is 2.07. The van der Waals surface area contributed by atoms with Gasteiger partial charge in [0.2, 0.25) is 0 Å². The van der Waals surface area contributed by atoms with E-state index in [1.165, 1.54) is 6.33 Å². The Bertz CT molecular complexity index is 413. The molecular formula is C8H6ClN3O. The minimum Gasteiger partial charge on any atom is -0.398 e. The van der Waals surface area contributed by atoms with E-state index in [1.54, 1.807) is 18.2 Å². The summed E-state index contributed by atoms with van der Waals surface area (Å²) in [4.78, 5) is 3.87. The molecule has 1 heterocycles. The monoisotopic (exact) mass is 195 g/mol. The predicted molar refractivity (Wildman–Crippen MR) is 49.2 cm³/mol. The topological polar surface area (TPSA) is 64.9 Å². The zero-order valence-corrected chi connectivity index (χ0v) is 7.32. The van der Waals surface area contributed by atoms with Gasteiger partial charge in [-0.3, -0.25) is 0 Å². The SMILES string of the molecule is Nc1ccc(Cl)cc1-c1ncno1. The molecule has 0 spiro atoms. The minimum absolute atomic E-state index is 0.375. The van der Waals surface area contributed by atoms with Gasteiger partial charge in [-0.15, -0.1) is 0 Å². The molecule has 1 aromatic carbocycles. The fourth-order valence-electron chi connectivity index (χ4n) is 1.01. The van der Waals surface area contributed by atoms with E-state index in [-0.39, 0.29) is 0 Å². The number of halogens is 1. The highest BCUT2D eigenvalue weighted by molar-refractivity contribution is 6.31. The third-order valence-electron chi connectivity index (χ3n) is 1.61. The fourth-order valence-corrected chi connectivity index (χ4v) is 1.18. The molecule has 0 radical (unpaired) electrons. The molecule has 4 nitrogen and oxygen atoms in total. The summed E-state index contributed by atoms with van der Waals surface area (Å²) in [5.41, 5.74) is 6.92. The van der Waals surface area contributed by atoms with Gasteiger partial charge >= 0.3 is 0 Å². The van der Waals surface area contributed by atoms with E-state index < -0.39 is 0 Å². The highest BCUT2D eigenvalue weighted by Crippen LogP contribution is 2.26. The first-order valence-electron chi connectivity index (χ1n) is 3.59. The maximum atomic E-state index is 5.79. The second kappa shape index (κ2) is 3.06. The Morgan fingerprint density at radius 1 is 1.38 bits per heavy atom. The molecule has 0 unspecified atom stereocenters. The van der Waals surface area contributed by atoms with Crippen LogP contribution < -0.4 is 5.73 Å². The van der Waals surface area contributed by atoms with Gasteiger partial charge in [0.15, 0.2) is 6.33 Å². The number of nitrogens with two attached hydrogens (primary N) is 1. The molecule has 66 valence electrons. The van der Waals surface area contributed by atoms with Crippen molar-refractivity contribution in [2.75, 3.05) is 5.73 Å². The molecule has 0 amide bonds. The van der Waals surface area contributed by atoms with Gasteiger partial charge in [-0.1, -0.05) is 16.8 Å². The fraction of sp³-hybridized carbons (Fsp3) is 0. The van der Waals surface area contributed by atoms with Crippen molar-refractivity contribution in [2.24, 2.45) is 0 Å². The maximum Gasteiger partial charge on any atom is 0.259 e. The van der Waals surface area contributed by atoms with Gasteiger partial charge in [0.25, 0.3) is 5.89 Å². The first kappa shape index (κ1) is 8.07. The summed E-state index contributed by atoms with van der Waals surface area (Å²) in [6.07, 6.45) is 1.32. The molecule has 13 heavy (non-hydrogen) atoms. The zero-order valence-electron chi connectivity index (χ0n) is 6.57. The number of nitrogens with zero attached hydrogens (tertiary/aromatic N) is 2. The van der Waals surface area contributed by atoms with Crippen molar-refractivity contribution >= 4 is 17.3 Å². The summed E-state index contributed by atoms with van der Waals surface area (Å²) in [5, 5.41) is 4.07. The van der Waals surface area contributed by atoms with Crippen LogP contribution in [0.3, 0.4) is 0 Å². The largest absolute Gasteiger partial charge is 0.398 e. The van der Waals surface area contributed by atoms with Crippen molar-refractivity contribution in [1.29, 1.82) is 0 Å². The number of benzene rings is 1. The molecule has 2 rings (SSSR count). The average molecular weight is 196 g/mol. The van der Waals surface area contributed by atoms with Gasteiger partial charge in [0.1, 0.15) is 0 Å². The van der Waals surface area contributed by atoms with Crippen LogP contribution in [-0.2, 0) is 0 Å². The molecular weight excluding hydrogens is 190 g/mol. The first-order chi connectivity index (χ1) is 6.27. The van der Waals surface area contributed by atoms with E-state index >= 15 is 0 Å². The lowest BCUT2D eigenvalue weighted by Gasteiger charge is -1.99. The molecule has 2 aromatic rings. The average Bonchev–Trinajstić information content (AvgIpc) is 2.61. The van der Waals surface area contributed by atoms with Crippen molar-refractivity contribution in [3.05, 3.63) is 29.5 Å². The van der Waals surface area contributed by atoms with Crippen molar-refractivity contribution in [3.8, 4) is 11.5 Å². The molecule has 0 aliphatic rings. The van der Waals surface area contributed by atoms with Crippen LogP contribution in [-0.4, -0.2) is 10.1 Å². The van der Waals surface area contributed by atoms with Gasteiger partial charge in [0.05, 0.1) is 5.56 Å². The van der Waals surface area contributed by atoms with Crippen molar-refractivity contribution < 1.29 is 4.52 Å². The number of aromatic nitrogens is 2. The number of hydrogen-bond donors (Lipinski definition) is 1. The number of hydrogen-bond acceptors (Lipinski definition) is 4. The Labute approximate surface area is 79.3 Å². The molecule has 0 atom stereocenters. The predicted octanol–water partition coefficient (Wildman–Crippen LogP) is 1.97. The van der Waals surface area contributed by atoms with Gasteiger partial charge < -0.3 is 10.3 Å². The van der Waals surface area contributed by atoms with Gasteiger partial charge in [-0.2, -0.15) is 4.98 Å². The normalized spacial score (nSPS) is 10.2. The molecule has 0 bridgehead atoms.